The van der Waals surface area contributed by atoms with Gasteiger partial charge in [0.15, 0.2) is 12.6 Å². The lowest BCUT2D eigenvalue weighted by atomic mass is 9.73. The molecule has 0 spiro atoms. The fourth-order valence-corrected chi connectivity index (χ4v) is 8.77. The second-order valence-corrected chi connectivity index (χ2v) is 17.2. The van der Waals surface area contributed by atoms with Gasteiger partial charge in [0.25, 0.3) is 0 Å². The van der Waals surface area contributed by atoms with Gasteiger partial charge in [-0.2, -0.15) is 0 Å². The van der Waals surface area contributed by atoms with Crippen molar-refractivity contribution < 1.29 is 63.6 Å². The van der Waals surface area contributed by atoms with Crippen LogP contribution in [-0.2, 0) is 38.1 Å². The van der Waals surface area contributed by atoms with E-state index in [4.69, 9.17) is 39.0 Å². The highest BCUT2D eigenvalue weighted by molar-refractivity contribution is 5.88. The summed E-state index contributed by atoms with van der Waals surface area (Å²) in [5, 5.41) is 63.2. The van der Waals surface area contributed by atoms with Crippen LogP contribution >= 0.6 is 0 Å². The van der Waals surface area contributed by atoms with Crippen LogP contribution in [0.3, 0.4) is 0 Å². The molecule has 16 heteroatoms. The Kier molecular flexibility index (Phi) is 16.9. The average molecular weight is 792 g/mol. The van der Waals surface area contributed by atoms with Crippen LogP contribution in [0.5, 0.6) is 0 Å². The number of nitrogens with two attached hydrogens (primary N) is 1. The number of hydrogen-bond acceptors (Lipinski definition) is 16. The zero-order valence-electron chi connectivity index (χ0n) is 35.4. The number of ether oxygens (including phenoxy) is 6. The number of carbonyl (C=O) groups is 1. The number of esters is 1. The number of aliphatic hydroxyl groups is 5. The molecule has 3 aliphatic rings. The predicted octanol–water partition coefficient (Wildman–Crippen LogP) is 1.55. The van der Waals surface area contributed by atoms with Crippen molar-refractivity contribution in [2.24, 2.45) is 34.6 Å². The smallest absolute Gasteiger partial charge is 0.311 e. The van der Waals surface area contributed by atoms with Gasteiger partial charge in [0.2, 0.25) is 0 Å². The minimum atomic E-state index is -1.94. The highest BCUT2D eigenvalue weighted by atomic mass is 16.7. The molecule has 3 fully saturated rings. The lowest BCUT2D eigenvalue weighted by Crippen LogP contribution is -2.61. The number of rotatable bonds is 10. The molecule has 3 rings (SSSR count). The first-order valence-electron chi connectivity index (χ1n) is 19.9. The Hall–Kier alpha value is -1.54. The summed E-state index contributed by atoms with van der Waals surface area (Å²) in [6.45, 7) is 17.3. The fraction of sp³-hybridized carbons (Fsp3) is 0.949. The van der Waals surface area contributed by atoms with Gasteiger partial charge < -0.3 is 69.4 Å². The molecule has 0 aliphatic carbocycles. The van der Waals surface area contributed by atoms with Gasteiger partial charge in [-0.15, -0.1) is 0 Å². The van der Waals surface area contributed by atoms with E-state index in [-0.39, 0.29) is 44.6 Å². The molecule has 0 aromatic carbocycles. The third-order valence-electron chi connectivity index (χ3n) is 12.2. The van der Waals surface area contributed by atoms with Gasteiger partial charge in [0, 0.05) is 43.9 Å². The average Bonchev–Trinajstić information content (AvgIpc) is 3.11. The second-order valence-electron chi connectivity index (χ2n) is 17.2. The van der Waals surface area contributed by atoms with E-state index in [1.165, 1.54) is 14.0 Å². The number of carbonyl (C=O) groups excluding carboxylic acids is 1. The Morgan fingerprint density at radius 1 is 0.945 bits per heavy atom. The van der Waals surface area contributed by atoms with Crippen LogP contribution in [0.2, 0.25) is 0 Å². The Labute approximate surface area is 327 Å². The molecule has 16 nitrogen and oxygen atoms in total. The van der Waals surface area contributed by atoms with Crippen LogP contribution in [0.1, 0.15) is 94.9 Å². The molecule has 0 aromatic heterocycles. The summed E-state index contributed by atoms with van der Waals surface area (Å²) in [7, 11) is 5.22. The van der Waals surface area contributed by atoms with Gasteiger partial charge in [-0.05, 0) is 74.9 Å². The molecule has 55 heavy (non-hydrogen) atoms. The summed E-state index contributed by atoms with van der Waals surface area (Å²) < 4.78 is 37.5. The fourth-order valence-electron chi connectivity index (χ4n) is 8.77. The second kappa shape index (κ2) is 19.5. The van der Waals surface area contributed by atoms with E-state index in [0.29, 0.717) is 12.1 Å². The third-order valence-corrected chi connectivity index (χ3v) is 12.2. The maximum absolute atomic E-state index is 14.3. The Morgan fingerprint density at radius 3 is 2.15 bits per heavy atom. The van der Waals surface area contributed by atoms with E-state index in [9.17, 15) is 30.3 Å². The molecule has 0 bridgehead atoms. The standard InChI is InChI=1S/C39H73N3O13/c1-14-27-39(10,48)32(44)22(4)29(41-50-16-15-40)20(2)18-37(8,47)34(55-36-30(43)26(42(11)12)17-21(3)51-36)23(5)31(24(6)35(46)53-27)54-28-19-38(9,49-13)33(45)25(7)52-28/h20-28,30-34,36,43-45,47-48H,14-19,40H2,1-13H3/b41-29+/t20-,21-,22+,23+,24-,25+,26+,27-,28+,30-,31+,32-,33+,34-,36+,37-,38-,39-/m1/s1. The Bertz CT molecular complexity index is 1260. The van der Waals surface area contributed by atoms with Crippen molar-refractivity contribution in [2.75, 3.05) is 34.4 Å². The zero-order valence-corrected chi connectivity index (χ0v) is 35.4. The monoisotopic (exact) mass is 792 g/mol. The van der Waals surface area contributed by atoms with E-state index in [2.05, 4.69) is 5.16 Å². The molecule has 7 N–H and O–H groups in total. The highest BCUT2D eigenvalue weighted by Gasteiger charge is 2.53. The van der Waals surface area contributed by atoms with E-state index >= 15 is 0 Å². The summed E-state index contributed by atoms with van der Waals surface area (Å²) in [6.07, 6.45) is -9.29. The number of hydrogen-bond donors (Lipinski definition) is 6. The predicted molar refractivity (Wildman–Crippen MR) is 204 cm³/mol. The van der Waals surface area contributed by atoms with Gasteiger partial charge in [0.1, 0.15) is 30.5 Å². The van der Waals surface area contributed by atoms with Crippen molar-refractivity contribution in [3.05, 3.63) is 0 Å². The molecule has 3 aliphatic heterocycles. The number of cyclic esters (lactones) is 1. The topological polar surface area (TPSA) is 224 Å². The van der Waals surface area contributed by atoms with Gasteiger partial charge in [-0.1, -0.05) is 32.9 Å². The Balaban J connectivity index is 2.24. The number of nitrogens with zero attached hydrogens (tertiary/aromatic N) is 2. The minimum Gasteiger partial charge on any atom is -0.459 e. The SMILES string of the molecule is CC[C@H]1OC(=O)[C@H](C)[C@@H](O[C@H]2C[C@@](C)(OC)[C@@H](O)[C@H](C)O2)[C@H](C)[C@@H](O[C@@H]2O[C@H](C)C[C@H](N(C)C)[C@H]2O)[C@](C)(O)C[C@@H](C)/C(=N\OCCN)[C@H](C)[C@@H](O)[C@]1(C)O. The van der Waals surface area contributed by atoms with E-state index in [1.54, 1.807) is 48.5 Å². The van der Waals surface area contributed by atoms with Crippen molar-refractivity contribution in [3.63, 3.8) is 0 Å². The van der Waals surface area contributed by atoms with Crippen LogP contribution in [0.15, 0.2) is 5.16 Å². The molecular weight excluding hydrogens is 718 g/mol. The highest BCUT2D eigenvalue weighted by Crippen LogP contribution is 2.41. The molecule has 18 atom stereocenters. The Morgan fingerprint density at radius 2 is 1.58 bits per heavy atom. The van der Waals surface area contributed by atoms with Crippen LogP contribution in [0.25, 0.3) is 0 Å². The van der Waals surface area contributed by atoms with Crippen LogP contribution in [0.4, 0.5) is 0 Å². The van der Waals surface area contributed by atoms with Gasteiger partial charge in [-0.25, -0.2) is 0 Å². The molecule has 322 valence electrons. The maximum atomic E-state index is 14.3. The van der Waals surface area contributed by atoms with Crippen molar-refractivity contribution in [3.8, 4) is 0 Å². The van der Waals surface area contributed by atoms with Crippen molar-refractivity contribution >= 4 is 11.7 Å². The van der Waals surface area contributed by atoms with Crippen molar-refractivity contribution in [2.45, 2.75) is 179 Å². The lowest BCUT2D eigenvalue weighted by molar-refractivity contribution is -0.317. The minimum absolute atomic E-state index is 0.00480. The number of aliphatic hydroxyl groups excluding tert-OH is 3. The first-order valence-corrected chi connectivity index (χ1v) is 19.9. The van der Waals surface area contributed by atoms with Gasteiger partial charge in [-0.3, -0.25) is 4.79 Å². The summed E-state index contributed by atoms with van der Waals surface area (Å²) in [6, 6.07) is -0.317. The lowest BCUT2D eigenvalue weighted by Gasteiger charge is -2.49. The molecule has 0 radical (unpaired) electrons. The molecule has 0 aromatic rings. The summed E-state index contributed by atoms with van der Waals surface area (Å²) in [5.41, 5.74) is 1.29. The summed E-state index contributed by atoms with van der Waals surface area (Å²) in [5.74, 6) is -4.02. The number of likely N-dealkylation sites (N-methyl/N-ethyl adjacent to an activating group) is 1. The normalized spacial score (nSPS) is 47.7. The molecule has 3 saturated heterocycles. The molecule has 3 heterocycles. The largest absolute Gasteiger partial charge is 0.459 e. The molecule has 0 unspecified atom stereocenters. The van der Waals surface area contributed by atoms with Crippen LogP contribution in [0, 0.1) is 23.7 Å². The number of oxime groups is 1. The van der Waals surface area contributed by atoms with Gasteiger partial charge in [0.05, 0.1) is 53.4 Å². The summed E-state index contributed by atoms with van der Waals surface area (Å²) >= 11 is 0. The zero-order chi connectivity index (χ0) is 41.8. The number of methoxy groups -OCH3 is 1. The molecule has 0 saturated carbocycles. The van der Waals surface area contributed by atoms with E-state index < -0.39 is 102 Å². The van der Waals surface area contributed by atoms with Crippen molar-refractivity contribution in [1.82, 2.24) is 4.90 Å². The maximum Gasteiger partial charge on any atom is 0.311 e. The van der Waals surface area contributed by atoms with Crippen LogP contribution < -0.4 is 5.73 Å². The van der Waals surface area contributed by atoms with Crippen molar-refractivity contribution in [1.29, 1.82) is 0 Å². The summed E-state index contributed by atoms with van der Waals surface area (Å²) in [4.78, 5) is 21.7. The molecular formula is C39H73N3O13. The van der Waals surface area contributed by atoms with E-state index in [1.807, 2.05) is 32.8 Å². The molecule has 0 amide bonds. The first-order chi connectivity index (χ1) is 25.5. The quantitative estimate of drug-likeness (QED) is 0.105. The third kappa shape index (κ3) is 10.9. The van der Waals surface area contributed by atoms with Crippen LogP contribution in [-0.4, -0.2) is 161 Å². The first kappa shape index (κ1) is 47.8. The van der Waals surface area contributed by atoms with E-state index in [0.717, 1.165) is 0 Å². The van der Waals surface area contributed by atoms with Gasteiger partial charge >= 0.3 is 5.97 Å².